The second-order valence-corrected chi connectivity index (χ2v) is 6.51. The van der Waals surface area contributed by atoms with Crippen LogP contribution in [0.1, 0.15) is 57.9 Å². The maximum absolute atomic E-state index is 5.72. The van der Waals surface area contributed by atoms with Crippen LogP contribution < -0.4 is 5.73 Å². The van der Waals surface area contributed by atoms with Gasteiger partial charge in [-0.2, -0.15) is 5.10 Å². The van der Waals surface area contributed by atoms with Crippen LogP contribution in [0.2, 0.25) is 0 Å². The zero-order chi connectivity index (χ0) is 13.9. The Labute approximate surface area is 122 Å². The summed E-state index contributed by atoms with van der Waals surface area (Å²) in [6.45, 7) is 4.82. The number of hydrogen-bond donors (Lipinski definition) is 1. The second-order valence-electron chi connectivity index (χ2n) is 6.51. The molecule has 0 amide bonds. The van der Waals surface area contributed by atoms with Crippen LogP contribution in [0.3, 0.4) is 0 Å². The molecule has 0 radical (unpaired) electrons. The first-order valence-electron chi connectivity index (χ1n) is 8.32. The Hall–Kier alpha value is -1.03. The van der Waals surface area contributed by atoms with E-state index in [1.165, 1.54) is 58.0 Å². The Bertz CT molecular complexity index is 420. The van der Waals surface area contributed by atoms with Crippen molar-refractivity contribution in [3.8, 4) is 0 Å². The topological polar surface area (TPSA) is 47.1 Å². The first kappa shape index (κ1) is 13.9. The number of anilines is 1. The fourth-order valence-corrected chi connectivity index (χ4v) is 4.18. The Morgan fingerprint density at radius 1 is 1.20 bits per heavy atom. The zero-order valence-electron chi connectivity index (χ0n) is 12.7. The normalized spacial score (nSPS) is 29.6. The predicted molar refractivity (Wildman–Crippen MR) is 82.5 cm³/mol. The third kappa shape index (κ3) is 2.85. The van der Waals surface area contributed by atoms with Crippen molar-refractivity contribution in [3.63, 3.8) is 0 Å². The predicted octanol–water partition coefficient (Wildman–Crippen LogP) is 3.07. The highest BCUT2D eigenvalue weighted by molar-refractivity contribution is 5.24. The van der Waals surface area contributed by atoms with Gasteiger partial charge >= 0.3 is 0 Å². The third-order valence-corrected chi connectivity index (χ3v) is 5.36. The molecule has 1 aliphatic carbocycles. The van der Waals surface area contributed by atoms with Gasteiger partial charge in [-0.3, -0.25) is 9.58 Å². The maximum Gasteiger partial charge on any atom is 0.145 e. The van der Waals surface area contributed by atoms with E-state index in [-0.39, 0.29) is 0 Å². The highest BCUT2D eigenvalue weighted by atomic mass is 15.3. The fourth-order valence-electron chi connectivity index (χ4n) is 4.18. The highest BCUT2D eigenvalue weighted by Crippen LogP contribution is 2.33. The Balaban J connectivity index is 1.57. The molecule has 4 heteroatoms. The average molecular weight is 276 g/mol. The van der Waals surface area contributed by atoms with Gasteiger partial charge in [-0.25, -0.2) is 0 Å². The molecule has 2 unspecified atom stereocenters. The average Bonchev–Trinajstić information content (AvgIpc) is 2.94. The van der Waals surface area contributed by atoms with Crippen molar-refractivity contribution in [1.29, 1.82) is 0 Å². The molecular formula is C16H28N4. The number of piperidine rings is 1. The van der Waals surface area contributed by atoms with Gasteiger partial charge in [-0.05, 0) is 37.7 Å². The lowest BCUT2D eigenvalue weighted by atomic mass is 9.81. The third-order valence-electron chi connectivity index (χ3n) is 5.36. The summed E-state index contributed by atoms with van der Waals surface area (Å²) in [5.41, 5.74) is 5.72. The van der Waals surface area contributed by atoms with E-state index in [9.17, 15) is 0 Å². The van der Waals surface area contributed by atoms with Crippen molar-refractivity contribution in [2.24, 2.45) is 5.92 Å². The van der Waals surface area contributed by atoms with Crippen LogP contribution in [-0.4, -0.2) is 33.8 Å². The monoisotopic (exact) mass is 276 g/mol. The number of nitrogen functional groups attached to an aromatic ring is 1. The van der Waals surface area contributed by atoms with Gasteiger partial charge in [0, 0.05) is 25.3 Å². The molecule has 2 aliphatic rings. The van der Waals surface area contributed by atoms with Crippen molar-refractivity contribution in [2.45, 2.75) is 64.0 Å². The number of aromatic nitrogens is 2. The minimum atomic E-state index is 0.548. The molecule has 2 heterocycles. The van der Waals surface area contributed by atoms with E-state index in [1.807, 2.05) is 12.3 Å². The van der Waals surface area contributed by atoms with E-state index in [0.29, 0.717) is 11.9 Å². The number of nitrogens with zero attached hydrogens (tertiary/aromatic N) is 3. The summed E-state index contributed by atoms with van der Waals surface area (Å²) in [5, 5.41) is 4.38. The van der Waals surface area contributed by atoms with Crippen LogP contribution in [0.15, 0.2) is 12.3 Å². The molecule has 1 saturated heterocycles. The van der Waals surface area contributed by atoms with Crippen molar-refractivity contribution < 1.29 is 0 Å². The van der Waals surface area contributed by atoms with E-state index in [1.54, 1.807) is 0 Å². The number of hydrogen-bond acceptors (Lipinski definition) is 3. The molecule has 1 aromatic rings. The van der Waals surface area contributed by atoms with Gasteiger partial charge in [0.05, 0.1) is 6.04 Å². The van der Waals surface area contributed by atoms with Crippen molar-refractivity contribution >= 4 is 5.82 Å². The molecule has 1 aliphatic heterocycles. The molecule has 0 bridgehead atoms. The van der Waals surface area contributed by atoms with Gasteiger partial charge in [0.25, 0.3) is 0 Å². The lowest BCUT2D eigenvalue weighted by molar-refractivity contribution is 0.0666. The van der Waals surface area contributed by atoms with Crippen LogP contribution in [-0.2, 0) is 0 Å². The standard InChI is InChI=1S/C16H28N4/c1-2-13-5-3-4-6-15(13)19-10-7-14(8-11-19)20-12-9-16(17)18-20/h9,12-15H,2-8,10-11H2,1H3,(H2,17,18). The van der Waals surface area contributed by atoms with Crippen LogP contribution in [0.4, 0.5) is 5.82 Å². The lowest BCUT2D eigenvalue weighted by Gasteiger charge is -2.43. The summed E-state index contributed by atoms with van der Waals surface area (Å²) in [5.74, 6) is 1.58. The quantitative estimate of drug-likeness (QED) is 0.923. The zero-order valence-corrected chi connectivity index (χ0v) is 12.7. The molecule has 1 aromatic heterocycles. The molecule has 2 N–H and O–H groups in total. The molecule has 112 valence electrons. The molecule has 0 spiro atoms. The summed E-state index contributed by atoms with van der Waals surface area (Å²) in [7, 11) is 0. The molecule has 1 saturated carbocycles. The van der Waals surface area contributed by atoms with E-state index in [0.717, 1.165) is 12.0 Å². The van der Waals surface area contributed by atoms with Crippen molar-refractivity contribution in [2.75, 3.05) is 18.8 Å². The molecule has 20 heavy (non-hydrogen) atoms. The van der Waals surface area contributed by atoms with Gasteiger partial charge in [-0.15, -0.1) is 0 Å². The lowest BCUT2D eigenvalue weighted by Crippen LogP contribution is -2.46. The second kappa shape index (κ2) is 6.17. The largest absolute Gasteiger partial charge is 0.382 e. The van der Waals surface area contributed by atoms with Gasteiger partial charge in [0.1, 0.15) is 5.82 Å². The molecule has 4 nitrogen and oxygen atoms in total. The van der Waals surface area contributed by atoms with Crippen LogP contribution in [0, 0.1) is 5.92 Å². The van der Waals surface area contributed by atoms with Crippen LogP contribution in [0.25, 0.3) is 0 Å². The molecule has 3 rings (SSSR count). The van der Waals surface area contributed by atoms with E-state index in [4.69, 9.17) is 5.73 Å². The SMILES string of the molecule is CCC1CCCCC1N1CCC(n2ccc(N)n2)CC1. The van der Waals surface area contributed by atoms with Gasteiger partial charge < -0.3 is 5.73 Å². The molecule has 2 fully saturated rings. The summed E-state index contributed by atoms with van der Waals surface area (Å²) in [6.07, 6.45) is 11.5. The van der Waals surface area contributed by atoms with Gasteiger partial charge in [0.15, 0.2) is 0 Å². The highest BCUT2D eigenvalue weighted by Gasteiger charge is 2.31. The Morgan fingerprint density at radius 2 is 1.95 bits per heavy atom. The Kier molecular flexibility index (Phi) is 4.29. The van der Waals surface area contributed by atoms with Gasteiger partial charge in [0.2, 0.25) is 0 Å². The minimum Gasteiger partial charge on any atom is -0.382 e. The number of nitrogens with two attached hydrogens (primary N) is 1. The van der Waals surface area contributed by atoms with Gasteiger partial charge in [-0.1, -0.05) is 26.2 Å². The maximum atomic E-state index is 5.72. The number of rotatable bonds is 3. The van der Waals surface area contributed by atoms with Crippen LogP contribution in [0.5, 0.6) is 0 Å². The molecule has 0 aromatic carbocycles. The molecular weight excluding hydrogens is 248 g/mol. The van der Waals surface area contributed by atoms with E-state index >= 15 is 0 Å². The summed E-state index contributed by atoms with van der Waals surface area (Å²) in [4.78, 5) is 2.76. The number of likely N-dealkylation sites (tertiary alicyclic amines) is 1. The van der Waals surface area contributed by atoms with E-state index < -0.39 is 0 Å². The summed E-state index contributed by atoms with van der Waals surface area (Å²) >= 11 is 0. The minimum absolute atomic E-state index is 0.548. The molecule has 2 atom stereocenters. The summed E-state index contributed by atoms with van der Waals surface area (Å²) in [6, 6.07) is 3.30. The summed E-state index contributed by atoms with van der Waals surface area (Å²) < 4.78 is 2.07. The first-order valence-corrected chi connectivity index (χ1v) is 8.32. The Morgan fingerprint density at radius 3 is 2.60 bits per heavy atom. The smallest absolute Gasteiger partial charge is 0.145 e. The fraction of sp³-hybridized carbons (Fsp3) is 0.812. The van der Waals surface area contributed by atoms with Crippen LogP contribution >= 0.6 is 0 Å². The first-order chi connectivity index (χ1) is 9.78. The van der Waals surface area contributed by atoms with Crippen molar-refractivity contribution in [1.82, 2.24) is 14.7 Å². The van der Waals surface area contributed by atoms with Crippen molar-refractivity contribution in [3.05, 3.63) is 12.3 Å². The van der Waals surface area contributed by atoms with E-state index in [2.05, 4.69) is 21.6 Å².